The minimum absolute atomic E-state index is 0.0277. The second kappa shape index (κ2) is 7.10. The van der Waals surface area contributed by atoms with Gasteiger partial charge in [-0.25, -0.2) is 0 Å². The van der Waals surface area contributed by atoms with Gasteiger partial charge in [0.15, 0.2) is 0 Å². The van der Waals surface area contributed by atoms with Gasteiger partial charge in [0, 0.05) is 6.54 Å². The molecule has 0 fully saturated rings. The van der Waals surface area contributed by atoms with Crippen LogP contribution in [-0.4, -0.2) is 26.2 Å². The molecule has 0 radical (unpaired) electrons. The topological polar surface area (TPSA) is 38.3 Å². The lowest BCUT2D eigenvalue weighted by molar-refractivity contribution is -0.148. The van der Waals surface area contributed by atoms with Crippen LogP contribution < -0.4 is 5.32 Å². The zero-order valence-electron chi connectivity index (χ0n) is 8.22. The van der Waals surface area contributed by atoms with Crippen LogP contribution >= 0.6 is 0 Å². The molecule has 1 atom stereocenters. The largest absolute Gasteiger partial charge is 0.466 e. The molecule has 0 bridgehead atoms. The summed E-state index contributed by atoms with van der Waals surface area (Å²) >= 11 is 0. The smallest absolute Gasteiger partial charge is 0.310 e. The van der Waals surface area contributed by atoms with E-state index in [4.69, 9.17) is 4.74 Å². The molecule has 0 aromatic rings. The van der Waals surface area contributed by atoms with Crippen LogP contribution in [0.4, 0.5) is 0 Å². The highest BCUT2D eigenvalue weighted by Gasteiger charge is 2.17. The molecule has 0 aromatic heterocycles. The minimum atomic E-state index is -0.0753. The first-order valence-corrected chi connectivity index (χ1v) is 4.57. The lowest BCUT2D eigenvalue weighted by atomic mass is 10.0. The summed E-state index contributed by atoms with van der Waals surface area (Å²) in [6, 6.07) is 0. The maximum atomic E-state index is 11.3. The van der Waals surface area contributed by atoms with E-state index in [-0.39, 0.29) is 11.9 Å². The van der Waals surface area contributed by atoms with Gasteiger partial charge in [-0.2, -0.15) is 0 Å². The predicted octanol–water partition coefficient (Wildman–Crippen LogP) is 1.19. The average Bonchev–Trinajstić information content (AvgIpc) is 2.04. The highest BCUT2D eigenvalue weighted by Crippen LogP contribution is 2.07. The van der Waals surface area contributed by atoms with Crippen LogP contribution in [0.15, 0.2) is 0 Å². The molecule has 0 aliphatic heterocycles. The SMILES string of the molecule is CCCC(CNC)C(=O)OCC. The molecular weight excluding hydrogens is 154 g/mol. The molecular formula is C9H19NO2. The molecule has 1 N–H and O–H groups in total. The van der Waals surface area contributed by atoms with Crippen molar-refractivity contribution < 1.29 is 9.53 Å². The first-order chi connectivity index (χ1) is 5.76. The second-order valence-electron chi connectivity index (χ2n) is 2.80. The predicted molar refractivity (Wildman–Crippen MR) is 49.0 cm³/mol. The van der Waals surface area contributed by atoms with E-state index < -0.39 is 0 Å². The van der Waals surface area contributed by atoms with E-state index in [1.54, 1.807) is 0 Å². The van der Waals surface area contributed by atoms with Gasteiger partial charge in [0.05, 0.1) is 12.5 Å². The molecule has 0 rings (SSSR count). The van der Waals surface area contributed by atoms with E-state index >= 15 is 0 Å². The van der Waals surface area contributed by atoms with Gasteiger partial charge in [-0.3, -0.25) is 4.79 Å². The van der Waals surface area contributed by atoms with Gasteiger partial charge < -0.3 is 10.1 Å². The first-order valence-electron chi connectivity index (χ1n) is 4.57. The van der Waals surface area contributed by atoms with Gasteiger partial charge in [0.1, 0.15) is 0 Å². The number of carbonyl (C=O) groups excluding carboxylic acids is 1. The molecule has 0 aliphatic carbocycles. The Bertz CT molecular complexity index is 120. The Morgan fingerprint density at radius 3 is 2.58 bits per heavy atom. The number of nitrogens with one attached hydrogen (secondary N) is 1. The molecule has 0 heterocycles. The maximum Gasteiger partial charge on any atom is 0.310 e. The number of rotatable bonds is 6. The van der Waals surface area contributed by atoms with E-state index in [1.165, 1.54) is 0 Å². The maximum absolute atomic E-state index is 11.3. The summed E-state index contributed by atoms with van der Waals surface area (Å²) < 4.78 is 4.93. The molecule has 0 spiro atoms. The van der Waals surface area contributed by atoms with Gasteiger partial charge >= 0.3 is 5.97 Å². The quantitative estimate of drug-likeness (QED) is 0.613. The van der Waals surface area contributed by atoms with Gasteiger partial charge in [0.2, 0.25) is 0 Å². The van der Waals surface area contributed by atoms with Gasteiger partial charge in [-0.1, -0.05) is 13.3 Å². The van der Waals surface area contributed by atoms with Crippen LogP contribution in [0, 0.1) is 5.92 Å². The zero-order valence-corrected chi connectivity index (χ0v) is 8.22. The molecule has 0 aliphatic rings. The van der Waals surface area contributed by atoms with Crippen molar-refractivity contribution in [2.75, 3.05) is 20.2 Å². The zero-order chi connectivity index (χ0) is 9.40. The van der Waals surface area contributed by atoms with E-state index in [1.807, 2.05) is 14.0 Å². The Morgan fingerprint density at radius 1 is 1.50 bits per heavy atom. The van der Waals surface area contributed by atoms with E-state index in [0.29, 0.717) is 13.2 Å². The molecule has 0 saturated heterocycles. The number of hydrogen-bond donors (Lipinski definition) is 1. The van der Waals surface area contributed by atoms with E-state index in [2.05, 4.69) is 12.2 Å². The lowest BCUT2D eigenvalue weighted by Gasteiger charge is -2.13. The summed E-state index contributed by atoms with van der Waals surface area (Å²) in [7, 11) is 1.85. The van der Waals surface area contributed by atoms with Crippen molar-refractivity contribution in [3.05, 3.63) is 0 Å². The van der Waals surface area contributed by atoms with Crippen molar-refractivity contribution in [2.45, 2.75) is 26.7 Å². The van der Waals surface area contributed by atoms with Crippen molar-refractivity contribution in [1.29, 1.82) is 0 Å². The third-order valence-electron chi connectivity index (χ3n) is 1.71. The van der Waals surface area contributed by atoms with Crippen LogP contribution in [0.3, 0.4) is 0 Å². The fraction of sp³-hybridized carbons (Fsp3) is 0.889. The van der Waals surface area contributed by atoms with Crippen molar-refractivity contribution >= 4 is 5.97 Å². The summed E-state index contributed by atoms with van der Waals surface area (Å²) in [5.74, 6) is -0.0475. The molecule has 0 amide bonds. The normalized spacial score (nSPS) is 12.6. The average molecular weight is 173 g/mol. The summed E-state index contributed by atoms with van der Waals surface area (Å²) in [4.78, 5) is 11.3. The Balaban J connectivity index is 3.81. The number of ether oxygens (including phenoxy) is 1. The third-order valence-corrected chi connectivity index (χ3v) is 1.71. The monoisotopic (exact) mass is 173 g/mol. The minimum Gasteiger partial charge on any atom is -0.466 e. The third kappa shape index (κ3) is 4.34. The Morgan fingerprint density at radius 2 is 2.17 bits per heavy atom. The van der Waals surface area contributed by atoms with Crippen molar-refractivity contribution in [2.24, 2.45) is 5.92 Å². The number of esters is 1. The van der Waals surface area contributed by atoms with Gasteiger partial charge in [0.25, 0.3) is 0 Å². The van der Waals surface area contributed by atoms with Gasteiger partial charge in [-0.15, -0.1) is 0 Å². The molecule has 0 saturated carbocycles. The van der Waals surface area contributed by atoms with Crippen LogP contribution in [0.2, 0.25) is 0 Å². The standard InChI is InChI=1S/C9H19NO2/c1-4-6-8(7-10-3)9(11)12-5-2/h8,10H,4-7H2,1-3H3. The van der Waals surface area contributed by atoms with E-state index in [0.717, 1.165) is 12.8 Å². The molecule has 72 valence electrons. The number of carbonyl (C=O) groups is 1. The van der Waals surface area contributed by atoms with E-state index in [9.17, 15) is 4.79 Å². The molecule has 3 nitrogen and oxygen atoms in total. The first kappa shape index (κ1) is 11.4. The highest BCUT2D eigenvalue weighted by molar-refractivity contribution is 5.72. The van der Waals surface area contributed by atoms with Crippen molar-refractivity contribution in [3.8, 4) is 0 Å². The summed E-state index contributed by atoms with van der Waals surface area (Å²) in [6.45, 7) is 5.09. The number of hydrogen-bond acceptors (Lipinski definition) is 3. The molecule has 0 aromatic carbocycles. The fourth-order valence-corrected chi connectivity index (χ4v) is 1.16. The summed E-state index contributed by atoms with van der Waals surface area (Å²) in [5.41, 5.74) is 0. The Hall–Kier alpha value is -0.570. The van der Waals surface area contributed by atoms with Crippen LogP contribution in [-0.2, 0) is 9.53 Å². The lowest BCUT2D eigenvalue weighted by Crippen LogP contribution is -2.27. The molecule has 12 heavy (non-hydrogen) atoms. The molecule has 3 heteroatoms. The van der Waals surface area contributed by atoms with Crippen molar-refractivity contribution in [3.63, 3.8) is 0 Å². The Labute approximate surface area is 74.5 Å². The molecule has 1 unspecified atom stereocenters. The summed E-state index contributed by atoms with van der Waals surface area (Å²) in [5, 5.41) is 2.99. The van der Waals surface area contributed by atoms with Crippen LogP contribution in [0.5, 0.6) is 0 Å². The Kier molecular flexibility index (Phi) is 6.76. The second-order valence-corrected chi connectivity index (χ2v) is 2.80. The van der Waals surface area contributed by atoms with Gasteiger partial charge in [-0.05, 0) is 20.4 Å². The summed E-state index contributed by atoms with van der Waals surface area (Å²) in [6.07, 6.45) is 1.92. The van der Waals surface area contributed by atoms with Crippen LogP contribution in [0.25, 0.3) is 0 Å². The van der Waals surface area contributed by atoms with Crippen LogP contribution in [0.1, 0.15) is 26.7 Å². The highest BCUT2D eigenvalue weighted by atomic mass is 16.5. The fourth-order valence-electron chi connectivity index (χ4n) is 1.16. The van der Waals surface area contributed by atoms with Crippen molar-refractivity contribution in [1.82, 2.24) is 5.32 Å².